The van der Waals surface area contributed by atoms with Gasteiger partial charge in [0.2, 0.25) is 0 Å². The Labute approximate surface area is 181 Å². The first-order chi connectivity index (χ1) is 13.9. The monoisotopic (exact) mass is 442 g/mol. The number of hydrogen-bond donors (Lipinski definition) is 1. The Morgan fingerprint density at radius 1 is 1.00 bits per heavy atom. The fourth-order valence-electron chi connectivity index (χ4n) is 8.63. The van der Waals surface area contributed by atoms with Crippen LogP contribution in [-0.4, -0.2) is 31.1 Å². The molecule has 30 heavy (non-hydrogen) atoms. The molecule has 0 unspecified atom stereocenters. The maximum absolute atomic E-state index is 11.4. The minimum Gasteiger partial charge on any atom is -0.463 e. The van der Waals surface area contributed by atoms with Gasteiger partial charge in [-0.3, -0.25) is 9.35 Å². The molecule has 0 saturated heterocycles. The normalized spacial score (nSPS) is 47.0. The average molecular weight is 443 g/mol. The van der Waals surface area contributed by atoms with E-state index in [0.29, 0.717) is 29.1 Å². The smallest absolute Gasteiger partial charge is 0.397 e. The van der Waals surface area contributed by atoms with Gasteiger partial charge >= 0.3 is 16.4 Å². The van der Waals surface area contributed by atoms with E-state index in [9.17, 15) is 17.8 Å². The fourth-order valence-corrected chi connectivity index (χ4v) is 9.15. The van der Waals surface area contributed by atoms with Gasteiger partial charge in [0.25, 0.3) is 0 Å². The summed E-state index contributed by atoms with van der Waals surface area (Å²) < 4.78 is 42.3. The molecule has 4 aliphatic rings. The third-order valence-corrected chi connectivity index (χ3v) is 10.4. The van der Waals surface area contributed by atoms with Crippen LogP contribution in [0.2, 0.25) is 0 Å². The van der Waals surface area contributed by atoms with Gasteiger partial charge < -0.3 is 4.74 Å². The summed E-state index contributed by atoms with van der Waals surface area (Å²) >= 11 is 0. The molecule has 0 spiro atoms. The van der Waals surface area contributed by atoms with Crippen molar-refractivity contribution in [2.24, 2.45) is 40.4 Å². The average Bonchev–Trinajstić information content (AvgIpc) is 2.97. The lowest BCUT2D eigenvalue weighted by atomic mass is 9.44. The van der Waals surface area contributed by atoms with E-state index in [2.05, 4.69) is 13.8 Å². The van der Waals surface area contributed by atoms with Crippen LogP contribution in [-0.2, 0) is 24.1 Å². The molecule has 7 heteroatoms. The highest BCUT2D eigenvalue weighted by atomic mass is 32.3. The number of esters is 1. The fraction of sp³-hybridized carbons (Fsp3) is 0.957. The molecule has 4 aliphatic carbocycles. The van der Waals surface area contributed by atoms with Gasteiger partial charge in [-0.1, -0.05) is 13.8 Å². The van der Waals surface area contributed by atoms with E-state index in [0.717, 1.165) is 38.5 Å². The summed E-state index contributed by atoms with van der Waals surface area (Å²) in [6.45, 7) is 8.13. The minimum absolute atomic E-state index is 0.0728. The molecule has 0 heterocycles. The van der Waals surface area contributed by atoms with Gasteiger partial charge in [0, 0.05) is 6.92 Å². The predicted octanol–water partition coefficient (Wildman–Crippen LogP) is 4.78. The van der Waals surface area contributed by atoms with Gasteiger partial charge in [-0.05, 0) is 105 Å². The van der Waals surface area contributed by atoms with E-state index in [1.165, 1.54) is 26.2 Å². The van der Waals surface area contributed by atoms with Crippen LogP contribution >= 0.6 is 0 Å². The van der Waals surface area contributed by atoms with E-state index in [4.69, 9.17) is 8.92 Å². The lowest BCUT2D eigenvalue weighted by molar-refractivity contribution is -0.161. The topological polar surface area (TPSA) is 89.9 Å². The summed E-state index contributed by atoms with van der Waals surface area (Å²) in [6.07, 6.45) is 9.49. The van der Waals surface area contributed by atoms with Crippen LogP contribution in [0, 0.1) is 40.4 Å². The van der Waals surface area contributed by atoms with Crippen LogP contribution in [0.25, 0.3) is 0 Å². The number of ether oxygens (including phenoxy) is 1. The van der Waals surface area contributed by atoms with Crippen molar-refractivity contribution in [1.82, 2.24) is 0 Å². The van der Waals surface area contributed by atoms with Crippen molar-refractivity contribution in [3.8, 4) is 0 Å². The Kier molecular flexibility index (Phi) is 5.81. The quantitative estimate of drug-likeness (QED) is 0.497. The minimum atomic E-state index is -4.42. The first kappa shape index (κ1) is 22.5. The van der Waals surface area contributed by atoms with Crippen LogP contribution in [0.5, 0.6) is 0 Å². The summed E-state index contributed by atoms with van der Waals surface area (Å²) in [5.74, 6) is 2.60. The molecule has 172 valence electrons. The van der Waals surface area contributed by atoms with Crippen molar-refractivity contribution in [3.63, 3.8) is 0 Å². The van der Waals surface area contributed by atoms with Crippen LogP contribution in [0.4, 0.5) is 0 Å². The van der Waals surface area contributed by atoms with Crippen LogP contribution in [0.1, 0.15) is 85.5 Å². The molecule has 0 amide bonds. The number of carbonyl (C=O) groups excluding carboxylic acids is 1. The Bertz CT molecular complexity index is 781. The predicted molar refractivity (Wildman–Crippen MR) is 113 cm³/mol. The zero-order valence-corrected chi connectivity index (χ0v) is 19.6. The molecule has 0 aliphatic heterocycles. The molecular weight excluding hydrogens is 404 g/mol. The molecule has 4 saturated carbocycles. The van der Waals surface area contributed by atoms with Gasteiger partial charge in [-0.25, -0.2) is 4.18 Å². The van der Waals surface area contributed by atoms with E-state index in [1.807, 2.05) is 0 Å². The van der Waals surface area contributed by atoms with E-state index >= 15 is 0 Å². The molecule has 4 rings (SSSR count). The second-order valence-corrected chi connectivity index (χ2v) is 12.2. The highest BCUT2D eigenvalue weighted by Crippen LogP contribution is 2.68. The van der Waals surface area contributed by atoms with Crippen molar-refractivity contribution < 1.29 is 26.7 Å². The Balaban J connectivity index is 1.50. The summed E-state index contributed by atoms with van der Waals surface area (Å²) in [7, 11) is -4.42. The standard InChI is InChI=1S/C23H38O6S/c1-14(29-30(25,26)27)19-7-8-20-18-6-5-16-13-17(28-15(2)24)9-11-22(16,3)21(18)10-12-23(19,20)4/h14,16-21H,5-13H2,1-4H3,(H,25,26,27)/t14-,16-,17-,18-,19+,20-,21-,22-,23+/m0/s1. The molecule has 0 aromatic heterocycles. The second kappa shape index (κ2) is 7.73. The molecule has 0 bridgehead atoms. The van der Waals surface area contributed by atoms with Crippen molar-refractivity contribution in [1.29, 1.82) is 0 Å². The molecule has 6 nitrogen and oxygen atoms in total. The number of rotatable bonds is 4. The van der Waals surface area contributed by atoms with E-state index in [1.54, 1.807) is 6.92 Å². The lowest BCUT2D eigenvalue weighted by Crippen LogP contribution is -2.54. The first-order valence-electron chi connectivity index (χ1n) is 11.8. The van der Waals surface area contributed by atoms with Crippen LogP contribution in [0.15, 0.2) is 0 Å². The van der Waals surface area contributed by atoms with Gasteiger partial charge in [0.1, 0.15) is 6.10 Å². The summed E-state index contributed by atoms with van der Waals surface area (Å²) in [6, 6.07) is 0. The van der Waals surface area contributed by atoms with Crippen molar-refractivity contribution in [3.05, 3.63) is 0 Å². The Hall–Kier alpha value is -0.660. The first-order valence-corrected chi connectivity index (χ1v) is 13.1. The summed E-state index contributed by atoms with van der Waals surface area (Å²) in [5.41, 5.74) is 0.388. The van der Waals surface area contributed by atoms with Crippen molar-refractivity contribution in [2.45, 2.75) is 97.7 Å². The van der Waals surface area contributed by atoms with Crippen molar-refractivity contribution >= 4 is 16.4 Å². The summed E-state index contributed by atoms with van der Waals surface area (Å²) in [4.78, 5) is 11.4. The number of hydrogen-bond acceptors (Lipinski definition) is 5. The molecule has 9 atom stereocenters. The Morgan fingerprint density at radius 2 is 1.67 bits per heavy atom. The third-order valence-electron chi connectivity index (χ3n) is 9.86. The highest BCUT2D eigenvalue weighted by molar-refractivity contribution is 7.80. The molecule has 0 aromatic rings. The molecular formula is C23H38O6S. The maximum atomic E-state index is 11.4. The van der Waals surface area contributed by atoms with Gasteiger partial charge in [0.05, 0.1) is 6.10 Å². The van der Waals surface area contributed by atoms with Crippen LogP contribution in [0.3, 0.4) is 0 Å². The number of carbonyl (C=O) groups is 1. The van der Waals surface area contributed by atoms with Gasteiger partial charge in [-0.2, -0.15) is 8.42 Å². The molecule has 0 aromatic carbocycles. The molecule has 1 N–H and O–H groups in total. The van der Waals surface area contributed by atoms with E-state index in [-0.39, 0.29) is 23.4 Å². The van der Waals surface area contributed by atoms with E-state index < -0.39 is 16.5 Å². The Morgan fingerprint density at radius 3 is 2.33 bits per heavy atom. The van der Waals surface area contributed by atoms with Gasteiger partial charge in [0.15, 0.2) is 0 Å². The molecule has 0 radical (unpaired) electrons. The van der Waals surface area contributed by atoms with Gasteiger partial charge in [-0.15, -0.1) is 0 Å². The second-order valence-electron chi connectivity index (χ2n) is 11.1. The highest BCUT2D eigenvalue weighted by Gasteiger charge is 2.61. The largest absolute Gasteiger partial charge is 0.463 e. The summed E-state index contributed by atoms with van der Waals surface area (Å²) in [5, 5.41) is 0. The van der Waals surface area contributed by atoms with Crippen LogP contribution < -0.4 is 0 Å². The number of fused-ring (bicyclic) bond motifs is 5. The zero-order valence-electron chi connectivity index (χ0n) is 18.8. The SMILES string of the molecule is CC(=O)O[C@H]1CC[C@@]2(C)[C@@H](CC[C@@H]3[C@@H]2CC[C@]2(C)[C@@H]([C@H](C)OS(=O)(=O)O)CC[C@@H]32)C1. The third kappa shape index (κ3) is 3.83. The lowest BCUT2D eigenvalue weighted by Gasteiger charge is -2.61. The zero-order chi connectivity index (χ0) is 21.9. The van der Waals surface area contributed by atoms with Crippen molar-refractivity contribution in [2.75, 3.05) is 0 Å². The maximum Gasteiger partial charge on any atom is 0.397 e. The molecule has 4 fully saturated rings.